The number of rotatable bonds is 3. The summed E-state index contributed by atoms with van der Waals surface area (Å²) in [5, 5.41) is 11.6. The molecule has 1 aromatic carbocycles. The van der Waals surface area contributed by atoms with Crippen LogP contribution in [0.2, 0.25) is 0 Å². The lowest BCUT2D eigenvalue weighted by molar-refractivity contribution is -0.779. The van der Waals surface area contributed by atoms with E-state index in [0.717, 1.165) is 0 Å². The first-order chi connectivity index (χ1) is 7.75. The fourth-order valence-electron chi connectivity index (χ4n) is 1.50. The first kappa shape index (κ1) is 10.9. The highest BCUT2D eigenvalue weighted by molar-refractivity contribution is 5.29. The number of ether oxygens (including phenoxy) is 1. The summed E-state index contributed by atoms with van der Waals surface area (Å²) in [5.74, 6) is -0.397. The fraction of sp³-hybridized carbons (Fsp3) is 0.167. The smallest absolute Gasteiger partial charge is 0.165 e. The van der Waals surface area contributed by atoms with Crippen LogP contribution in [-0.2, 0) is 4.74 Å². The van der Waals surface area contributed by atoms with Crippen LogP contribution in [0.3, 0.4) is 0 Å². The predicted octanol–water partition coefficient (Wildman–Crippen LogP) is 1.31. The quantitative estimate of drug-likeness (QED) is 0.781. The maximum absolute atomic E-state index is 12.9. The van der Waals surface area contributed by atoms with Crippen molar-refractivity contribution in [2.45, 2.75) is 6.10 Å². The number of halogens is 1. The Morgan fingerprint density at radius 1 is 1.38 bits per heavy atom. The molecule has 0 aliphatic carbocycles. The van der Waals surface area contributed by atoms with Crippen molar-refractivity contribution in [1.29, 1.82) is 0 Å². The standard InChI is InChI=1S/C12H12FNO2/c13-10-4-3-5-11(8-10)14(15)9-12-6-1-2-7-16-12/h1-8,12,14H,9H2. The van der Waals surface area contributed by atoms with Gasteiger partial charge in [-0.15, -0.1) is 0 Å². The molecule has 4 heteroatoms. The number of nitrogens with one attached hydrogen (secondary N) is 1. The van der Waals surface area contributed by atoms with Crippen molar-refractivity contribution in [2.24, 2.45) is 0 Å². The molecule has 2 unspecified atom stereocenters. The highest BCUT2D eigenvalue weighted by Crippen LogP contribution is 2.05. The molecule has 2 rings (SSSR count). The van der Waals surface area contributed by atoms with Crippen molar-refractivity contribution in [2.75, 3.05) is 6.54 Å². The topological polar surface area (TPSA) is 36.7 Å². The molecule has 0 saturated heterocycles. The number of hydroxylamine groups is 1. The van der Waals surface area contributed by atoms with Gasteiger partial charge in [0.2, 0.25) is 0 Å². The minimum Gasteiger partial charge on any atom is -0.629 e. The van der Waals surface area contributed by atoms with E-state index in [4.69, 9.17) is 4.74 Å². The van der Waals surface area contributed by atoms with Gasteiger partial charge in [-0.3, -0.25) is 0 Å². The van der Waals surface area contributed by atoms with E-state index in [2.05, 4.69) is 0 Å². The minimum absolute atomic E-state index is 0.121. The average molecular weight is 221 g/mol. The van der Waals surface area contributed by atoms with Crippen LogP contribution in [0.1, 0.15) is 0 Å². The summed E-state index contributed by atoms with van der Waals surface area (Å²) < 4.78 is 18.1. The van der Waals surface area contributed by atoms with Gasteiger partial charge in [-0.05, 0) is 24.3 Å². The molecule has 0 spiro atoms. The Kier molecular flexibility index (Phi) is 3.34. The average Bonchev–Trinajstić information content (AvgIpc) is 2.30. The van der Waals surface area contributed by atoms with Crippen LogP contribution in [0.5, 0.6) is 0 Å². The predicted molar refractivity (Wildman–Crippen MR) is 58.4 cm³/mol. The molecule has 1 aromatic rings. The number of benzene rings is 1. The summed E-state index contributed by atoms with van der Waals surface area (Å²) in [7, 11) is 0. The van der Waals surface area contributed by atoms with E-state index in [1.54, 1.807) is 24.5 Å². The molecule has 0 aromatic heterocycles. The molecular formula is C12H12FNO2. The molecule has 16 heavy (non-hydrogen) atoms. The summed E-state index contributed by atoms with van der Waals surface area (Å²) >= 11 is 0. The Morgan fingerprint density at radius 3 is 2.94 bits per heavy atom. The molecule has 1 aliphatic rings. The Labute approximate surface area is 93.0 Å². The Balaban J connectivity index is 2.00. The van der Waals surface area contributed by atoms with Crippen molar-refractivity contribution < 1.29 is 14.2 Å². The normalized spacial score (nSPS) is 20.5. The summed E-state index contributed by atoms with van der Waals surface area (Å²) in [4.78, 5) is 0. The van der Waals surface area contributed by atoms with Crippen molar-refractivity contribution in [3.8, 4) is 0 Å². The largest absolute Gasteiger partial charge is 0.629 e. The van der Waals surface area contributed by atoms with Crippen LogP contribution in [0.15, 0.2) is 48.8 Å². The van der Waals surface area contributed by atoms with Gasteiger partial charge in [-0.25, -0.2) is 4.39 Å². The lowest BCUT2D eigenvalue weighted by atomic mass is 10.2. The maximum Gasteiger partial charge on any atom is 0.165 e. The van der Waals surface area contributed by atoms with Crippen LogP contribution in [0.25, 0.3) is 0 Å². The molecule has 0 amide bonds. The SMILES string of the molecule is [O-][NH+](CC1C=CC=CO1)c1cccc(F)c1. The summed E-state index contributed by atoms with van der Waals surface area (Å²) in [6.07, 6.45) is 6.68. The van der Waals surface area contributed by atoms with Crippen LogP contribution in [0.4, 0.5) is 10.1 Å². The molecule has 0 fully saturated rings. The summed E-state index contributed by atoms with van der Waals surface area (Å²) in [6.45, 7) is 0.226. The van der Waals surface area contributed by atoms with E-state index in [9.17, 15) is 9.60 Å². The molecule has 1 N–H and O–H groups in total. The number of hydrogen-bond donors (Lipinski definition) is 1. The third-order valence-electron chi connectivity index (χ3n) is 2.30. The second kappa shape index (κ2) is 4.92. The monoisotopic (exact) mass is 221 g/mol. The lowest BCUT2D eigenvalue weighted by Gasteiger charge is -2.25. The summed E-state index contributed by atoms with van der Waals surface area (Å²) in [6, 6.07) is 5.69. The third-order valence-corrected chi connectivity index (χ3v) is 2.30. The van der Waals surface area contributed by atoms with Crippen LogP contribution in [0, 0.1) is 11.0 Å². The molecule has 0 saturated carbocycles. The van der Waals surface area contributed by atoms with Gasteiger partial charge >= 0.3 is 0 Å². The number of hydrogen-bond acceptors (Lipinski definition) is 2. The zero-order valence-electron chi connectivity index (χ0n) is 8.60. The van der Waals surface area contributed by atoms with Gasteiger partial charge in [-0.2, -0.15) is 0 Å². The summed E-state index contributed by atoms with van der Waals surface area (Å²) in [5.41, 5.74) is 0.381. The molecule has 2 atom stereocenters. The van der Waals surface area contributed by atoms with E-state index >= 15 is 0 Å². The van der Waals surface area contributed by atoms with Gasteiger partial charge in [0, 0.05) is 6.07 Å². The molecule has 0 bridgehead atoms. The second-order valence-electron chi connectivity index (χ2n) is 3.53. The van der Waals surface area contributed by atoms with Crippen LogP contribution < -0.4 is 5.06 Å². The van der Waals surface area contributed by atoms with E-state index in [1.165, 1.54) is 18.2 Å². The molecule has 3 nitrogen and oxygen atoms in total. The zero-order valence-corrected chi connectivity index (χ0v) is 8.60. The lowest BCUT2D eigenvalue weighted by Crippen LogP contribution is -3.03. The molecule has 1 heterocycles. The van der Waals surface area contributed by atoms with E-state index in [1.807, 2.05) is 6.08 Å². The Bertz CT molecular complexity index is 417. The number of quaternary nitrogens is 1. The van der Waals surface area contributed by atoms with Gasteiger partial charge in [0.05, 0.1) is 6.26 Å². The minimum atomic E-state index is -0.397. The Morgan fingerprint density at radius 2 is 2.25 bits per heavy atom. The van der Waals surface area contributed by atoms with Gasteiger partial charge in [0.1, 0.15) is 18.0 Å². The van der Waals surface area contributed by atoms with E-state index in [-0.39, 0.29) is 17.7 Å². The fourth-order valence-corrected chi connectivity index (χ4v) is 1.50. The number of allylic oxidation sites excluding steroid dienone is 2. The molecule has 0 radical (unpaired) electrons. The van der Waals surface area contributed by atoms with Gasteiger partial charge in [-0.1, -0.05) is 12.1 Å². The third kappa shape index (κ3) is 2.68. The zero-order chi connectivity index (χ0) is 11.4. The highest BCUT2D eigenvalue weighted by atomic mass is 19.1. The van der Waals surface area contributed by atoms with Crippen molar-refractivity contribution in [3.63, 3.8) is 0 Å². The van der Waals surface area contributed by atoms with Gasteiger partial charge in [0.25, 0.3) is 0 Å². The first-order valence-electron chi connectivity index (χ1n) is 5.03. The molecular weight excluding hydrogens is 209 g/mol. The maximum atomic E-state index is 12.9. The first-order valence-corrected chi connectivity index (χ1v) is 5.03. The molecule has 1 aliphatic heterocycles. The van der Waals surface area contributed by atoms with Crippen molar-refractivity contribution >= 4 is 5.69 Å². The molecule has 84 valence electrons. The van der Waals surface area contributed by atoms with Crippen LogP contribution >= 0.6 is 0 Å². The van der Waals surface area contributed by atoms with Crippen molar-refractivity contribution in [3.05, 3.63) is 59.8 Å². The highest BCUT2D eigenvalue weighted by Gasteiger charge is 2.12. The van der Waals surface area contributed by atoms with Crippen molar-refractivity contribution in [1.82, 2.24) is 0 Å². The van der Waals surface area contributed by atoms with Gasteiger partial charge < -0.3 is 15.0 Å². The van der Waals surface area contributed by atoms with E-state index < -0.39 is 5.82 Å². The van der Waals surface area contributed by atoms with E-state index in [0.29, 0.717) is 5.69 Å². The second-order valence-corrected chi connectivity index (χ2v) is 3.53. The van der Waals surface area contributed by atoms with Gasteiger partial charge in [0.15, 0.2) is 6.10 Å². The van der Waals surface area contributed by atoms with Crippen LogP contribution in [-0.4, -0.2) is 12.6 Å². The Hall–Kier alpha value is -1.65.